The normalized spacial score (nSPS) is 13.0. The fourth-order valence-corrected chi connectivity index (χ4v) is 2.05. The number of amides is 2. The summed E-state index contributed by atoms with van der Waals surface area (Å²) in [7, 11) is -3.49. The fraction of sp³-hybridized carbons (Fsp3) is 0.692. The number of carbonyl (C=O) groups excluding carboxylic acids is 2. The van der Waals surface area contributed by atoms with Gasteiger partial charge in [-0.15, -0.1) is 0 Å². The van der Waals surface area contributed by atoms with Gasteiger partial charge in [-0.2, -0.15) is 0 Å². The van der Waals surface area contributed by atoms with E-state index in [1.165, 1.54) is 6.92 Å². The molecule has 0 aliphatic carbocycles. The smallest absolute Gasteiger partial charge is 0.412 e. The lowest BCUT2D eigenvalue weighted by Gasteiger charge is -2.21. The second kappa shape index (κ2) is 8.02. The molecule has 8 nitrogen and oxygen atoms in total. The van der Waals surface area contributed by atoms with Gasteiger partial charge >= 0.3 is 12.2 Å². The van der Waals surface area contributed by atoms with Crippen LogP contribution in [0, 0.1) is 0 Å². The van der Waals surface area contributed by atoms with Gasteiger partial charge in [-0.1, -0.05) is 6.58 Å². The molecule has 0 aromatic rings. The first-order valence-electron chi connectivity index (χ1n) is 6.58. The van der Waals surface area contributed by atoms with Crippen LogP contribution in [0.4, 0.5) is 9.59 Å². The molecule has 22 heavy (non-hydrogen) atoms. The lowest BCUT2D eigenvalue weighted by atomic mass is 10.2. The van der Waals surface area contributed by atoms with E-state index >= 15 is 0 Å². The van der Waals surface area contributed by atoms with E-state index in [1.807, 2.05) is 0 Å². The Kier molecular flexibility index (Phi) is 7.37. The van der Waals surface area contributed by atoms with Crippen molar-refractivity contribution in [3.63, 3.8) is 0 Å². The van der Waals surface area contributed by atoms with Crippen molar-refractivity contribution < 1.29 is 27.5 Å². The van der Waals surface area contributed by atoms with E-state index in [4.69, 9.17) is 4.74 Å². The molecule has 0 saturated carbocycles. The van der Waals surface area contributed by atoms with Gasteiger partial charge in [-0.25, -0.2) is 18.0 Å². The summed E-state index contributed by atoms with van der Waals surface area (Å²) in [5, 5.41) is 3.66. The second-order valence-electron chi connectivity index (χ2n) is 5.81. The van der Waals surface area contributed by atoms with Crippen molar-refractivity contribution in [2.75, 3.05) is 19.3 Å². The van der Waals surface area contributed by atoms with Crippen molar-refractivity contribution in [2.24, 2.45) is 0 Å². The number of rotatable bonds is 6. The predicted molar refractivity (Wildman–Crippen MR) is 82.2 cm³/mol. The van der Waals surface area contributed by atoms with Gasteiger partial charge in [0.2, 0.25) is 0 Å². The van der Waals surface area contributed by atoms with E-state index in [0.29, 0.717) is 0 Å². The number of hydrogen-bond acceptors (Lipinski definition) is 6. The van der Waals surface area contributed by atoms with E-state index < -0.39 is 32.9 Å². The summed E-state index contributed by atoms with van der Waals surface area (Å²) < 4.78 is 33.0. The highest BCUT2D eigenvalue weighted by atomic mass is 32.2. The first-order valence-corrected chi connectivity index (χ1v) is 8.53. The molecule has 128 valence electrons. The van der Waals surface area contributed by atoms with E-state index in [1.54, 1.807) is 20.8 Å². The Morgan fingerprint density at radius 1 is 1.14 bits per heavy atom. The number of carbonyl (C=O) groups is 2. The van der Waals surface area contributed by atoms with Gasteiger partial charge in [0.1, 0.15) is 5.60 Å². The molecule has 0 aromatic heterocycles. The maximum Gasteiger partial charge on any atom is 0.412 e. The number of nitrogens with one attached hydrogen (secondary N) is 2. The first-order chi connectivity index (χ1) is 9.81. The molecular weight excluding hydrogens is 312 g/mol. The zero-order valence-electron chi connectivity index (χ0n) is 13.6. The van der Waals surface area contributed by atoms with Gasteiger partial charge in [0.15, 0.2) is 9.84 Å². The lowest BCUT2D eigenvalue weighted by Crippen LogP contribution is -2.45. The third kappa shape index (κ3) is 10.0. The molecule has 0 aliphatic rings. The predicted octanol–water partition coefficient (Wildman–Crippen LogP) is 1.18. The lowest BCUT2D eigenvalue weighted by molar-refractivity contribution is 0.0528. The summed E-state index contributed by atoms with van der Waals surface area (Å²) in [4.78, 5) is 22.8. The number of sulfone groups is 1. The Morgan fingerprint density at radius 2 is 1.59 bits per heavy atom. The number of allylic oxidation sites excluding steroid dienone is 1. The van der Waals surface area contributed by atoms with Crippen LogP contribution >= 0.6 is 0 Å². The van der Waals surface area contributed by atoms with Gasteiger partial charge < -0.3 is 20.1 Å². The number of ether oxygens (including phenoxy) is 2. The van der Waals surface area contributed by atoms with Crippen molar-refractivity contribution >= 4 is 22.0 Å². The average Bonchev–Trinajstić information content (AvgIpc) is 2.23. The molecule has 1 atom stereocenters. The van der Waals surface area contributed by atoms with E-state index in [0.717, 1.165) is 6.26 Å². The molecule has 0 bridgehead atoms. The van der Waals surface area contributed by atoms with Crippen molar-refractivity contribution in [3.05, 3.63) is 12.3 Å². The molecule has 0 radical (unpaired) electrons. The Morgan fingerprint density at radius 3 is 1.95 bits per heavy atom. The summed E-state index contributed by atoms with van der Waals surface area (Å²) >= 11 is 0. The highest BCUT2D eigenvalue weighted by molar-refractivity contribution is 7.91. The van der Waals surface area contributed by atoms with E-state index in [-0.39, 0.29) is 18.8 Å². The minimum atomic E-state index is -3.49. The van der Waals surface area contributed by atoms with Gasteiger partial charge in [0, 0.05) is 19.3 Å². The van der Waals surface area contributed by atoms with Gasteiger partial charge in [-0.3, -0.25) is 0 Å². The summed E-state index contributed by atoms with van der Waals surface area (Å²) in [5.41, 5.74) is -0.686. The van der Waals surface area contributed by atoms with Crippen LogP contribution in [-0.2, 0) is 19.3 Å². The van der Waals surface area contributed by atoms with Gasteiger partial charge in [0.25, 0.3) is 0 Å². The summed E-state index contributed by atoms with van der Waals surface area (Å²) in [6, 6.07) is 0. The molecule has 0 fully saturated rings. The minimum absolute atomic E-state index is 0.181. The average molecular weight is 336 g/mol. The van der Waals surface area contributed by atoms with E-state index in [2.05, 4.69) is 21.9 Å². The summed E-state index contributed by atoms with van der Waals surface area (Å²) in [6.45, 7) is 9.54. The van der Waals surface area contributed by atoms with Gasteiger partial charge in [-0.05, 0) is 27.7 Å². The zero-order chi connectivity index (χ0) is 17.6. The molecular formula is C13H24N2O6S. The van der Waals surface area contributed by atoms with E-state index in [9.17, 15) is 18.0 Å². The van der Waals surface area contributed by atoms with Crippen LogP contribution in [0.25, 0.3) is 0 Å². The quantitative estimate of drug-likeness (QED) is 0.705. The van der Waals surface area contributed by atoms with Crippen molar-refractivity contribution in [3.8, 4) is 0 Å². The topological polar surface area (TPSA) is 111 Å². The van der Waals surface area contributed by atoms with Crippen LogP contribution < -0.4 is 10.6 Å². The largest absolute Gasteiger partial charge is 0.444 e. The highest BCUT2D eigenvalue weighted by Gasteiger charge is 2.24. The Balaban J connectivity index is 4.53. The monoisotopic (exact) mass is 336 g/mol. The van der Waals surface area contributed by atoms with Crippen molar-refractivity contribution in [1.29, 1.82) is 0 Å². The highest BCUT2D eigenvalue weighted by Crippen LogP contribution is 2.06. The molecule has 2 amide bonds. The van der Waals surface area contributed by atoms with Crippen LogP contribution in [0.3, 0.4) is 0 Å². The standard InChI is InChI=1S/C13H24N2O6S/c1-9(2)20-11(16)14-7-10(22(6,18)19)8-15-12(17)21-13(3,4)5/h10H,1,7-8H2,2-6H3,(H,14,16)(H,15,17). The molecule has 0 heterocycles. The summed E-state index contributed by atoms with van der Waals surface area (Å²) in [6.07, 6.45) is -0.524. The molecule has 0 spiro atoms. The Hall–Kier alpha value is -1.77. The number of alkyl carbamates (subject to hydrolysis) is 2. The summed E-state index contributed by atoms with van der Waals surface area (Å²) in [5.74, 6) is 0.181. The minimum Gasteiger partial charge on any atom is -0.444 e. The third-order valence-corrected chi connectivity index (χ3v) is 3.76. The first kappa shape index (κ1) is 20.2. The molecule has 0 saturated heterocycles. The third-order valence-electron chi connectivity index (χ3n) is 2.22. The Bertz CT molecular complexity index is 521. The molecule has 2 N–H and O–H groups in total. The van der Waals surface area contributed by atoms with Crippen LogP contribution in [0.15, 0.2) is 12.3 Å². The Labute approximate surface area is 131 Å². The molecule has 0 rings (SSSR count). The maximum atomic E-state index is 11.7. The molecule has 9 heteroatoms. The number of hydrogen-bond donors (Lipinski definition) is 2. The fourth-order valence-electron chi connectivity index (χ4n) is 1.28. The van der Waals surface area contributed by atoms with Crippen LogP contribution in [0.5, 0.6) is 0 Å². The van der Waals surface area contributed by atoms with Crippen LogP contribution in [0.1, 0.15) is 27.7 Å². The van der Waals surface area contributed by atoms with Crippen LogP contribution in [0.2, 0.25) is 0 Å². The SMILES string of the molecule is C=C(C)OC(=O)NCC(CNC(=O)OC(C)(C)C)S(C)(=O)=O. The van der Waals surface area contributed by atoms with Crippen molar-refractivity contribution in [1.82, 2.24) is 10.6 Å². The second-order valence-corrected chi connectivity index (χ2v) is 8.13. The maximum absolute atomic E-state index is 11.7. The van der Waals surface area contributed by atoms with Crippen LogP contribution in [-0.4, -0.2) is 50.8 Å². The van der Waals surface area contributed by atoms with Gasteiger partial charge in [0.05, 0.1) is 11.0 Å². The molecule has 1 unspecified atom stereocenters. The molecule has 0 aliphatic heterocycles. The molecule has 0 aromatic carbocycles. The van der Waals surface area contributed by atoms with Crippen molar-refractivity contribution in [2.45, 2.75) is 38.5 Å². The zero-order valence-corrected chi connectivity index (χ0v) is 14.4.